The van der Waals surface area contributed by atoms with Gasteiger partial charge in [0.05, 0.1) is 0 Å². The zero-order valence-corrected chi connectivity index (χ0v) is 7.56. The van der Waals surface area contributed by atoms with Crippen molar-refractivity contribution in [2.45, 2.75) is 12.2 Å². The summed E-state index contributed by atoms with van der Waals surface area (Å²) in [4.78, 5) is 0. The SMILES string of the molecule is CSC(C)c1ccccc1O. The third kappa shape index (κ3) is 1.90. The molecule has 0 aromatic heterocycles. The van der Waals surface area contributed by atoms with Crippen molar-refractivity contribution >= 4 is 11.8 Å². The van der Waals surface area contributed by atoms with Crippen molar-refractivity contribution in [1.29, 1.82) is 0 Å². The quantitative estimate of drug-likeness (QED) is 0.732. The number of aromatic hydroxyl groups is 1. The lowest BCUT2D eigenvalue weighted by Crippen LogP contribution is -1.86. The van der Waals surface area contributed by atoms with Crippen LogP contribution >= 0.6 is 11.8 Å². The Hall–Kier alpha value is -0.630. The summed E-state index contributed by atoms with van der Waals surface area (Å²) in [5.74, 6) is 0.398. The Balaban J connectivity index is 2.93. The van der Waals surface area contributed by atoms with Crippen molar-refractivity contribution in [2.75, 3.05) is 6.26 Å². The smallest absolute Gasteiger partial charge is 0.119 e. The van der Waals surface area contributed by atoms with Crippen molar-refractivity contribution in [1.82, 2.24) is 0 Å². The van der Waals surface area contributed by atoms with Gasteiger partial charge in [0, 0.05) is 10.8 Å². The zero-order valence-electron chi connectivity index (χ0n) is 6.74. The summed E-state index contributed by atoms with van der Waals surface area (Å²) in [5.41, 5.74) is 1.01. The molecule has 1 rings (SSSR count). The Morgan fingerprint density at radius 1 is 1.36 bits per heavy atom. The molecular formula is C9H12OS. The van der Waals surface area contributed by atoms with E-state index in [1.165, 1.54) is 0 Å². The number of hydrogen-bond acceptors (Lipinski definition) is 2. The van der Waals surface area contributed by atoms with E-state index < -0.39 is 0 Å². The summed E-state index contributed by atoms with van der Waals surface area (Å²) in [6.45, 7) is 2.08. The molecule has 0 heterocycles. The van der Waals surface area contributed by atoms with Gasteiger partial charge in [-0.05, 0) is 19.2 Å². The fourth-order valence-corrected chi connectivity index (χ4v) is 1.41. The first-order valence-electron chi connectivity index (χ1n) is 3.56. The number of phenols is 1. The third-order valence-electron chi connectivity index (χ3n) is 1.73. The third-order valence-corrected chi connectivity index (χ3v) is 2.69. The van der Waals surface area contributed by atoms with Crippen molar-refractivity contribution in [3.63, 3.8) is 0 Å². The van der Waals surface area contributed by atoms with E-state index in [0.29, 0.717) is 11.0 Å². The number of phenolic OH excluding ortho intramolecular Hbond substituents is 1. The van der Waals surface area contributed by atoms with Crippen LogP contribution in [0.3, 0.4) is 0 Å². The highest BCUT2D eigenvalue weighted by molar-refractivity contribution is 7.98. The number of thioether (sulfide) groups is 1. The van der Waals surface area contributed by atoms with Gasteiger partial charge in [0.2, 0.25) is 0 Å². The average Bonchev–Trinajstić information content (AvgIpc) is 2.04. The van der Waals surface area contributed by atoms with Gasteiger partial charge in [-0.2, -0.15) is 11.8 Å². The van der Waals surface area contributed by atoms with Crippen LogP contribution in [0.2, 0.25) is 0 Å². The maximum Gasteiger partial charge on any atom is 0.119 e. The monoisotopic (exact) mass is 168 g/mol. The summed E-state index contributed by atoms with van der Waals surface area (Å²) >= 11 is 1.73. The van der Waals surface area contributed by atoms with Gasteiger partial charge in [-0.15, -0.1) is 0 Å². The molecule has 0 spiro atoms. The van der Waals surface area contributed by atoms with E-state index in [1.54, 1.807) is 17.8 Å². The Morgan fingerprint density at radius 3 is 2.55 bits per heavy atom. The van der Waals surface area contributed by atoms with Crippen LogP contribution in [0.1, 0.15) is 17.7 Å². The largest absolute Gasteiger partial charge is 0.508 e. The lowest BCUT2D eigenvalue weighted by atomic mass is 10.1. The molecule has 2 heteroatoms. The molecule has 0 amide bonds. The Bertz CT molecular complexity index is 235. The highest BCUT2D eigenvalue weighted by Gasteiger charge is 2.06. The Labute approximate surface area is 71.4 Å². The molecule has 0 aliphatic carbocycles. The molecule has 1 aromatic carbocycles. The van der Waals surface area contributed by atoms with E-state index in [0.717, 1.165) is 5.56 Å². The summed E-state index contributed by atoms with van der Waals surface area (Å²) in [6, 6.07) is 7.46. The first-order valence-corrected chi connectivity index (χ1v) is 4.85. The average molecular weight is 168 g/mol. The molecular weight excluding hydrogens is 156 g/mol. The highest BCUT2D eigenvalue weighted by atomic mass is 32.2. The van der Waals surface area contributed by atoms with Crippen LogP contribution in [0.15, 0.2) is 24.3 Å². The van der Waals surface area contributed by atoms with Crippen molar-refractivity contribution in [3.8, 4) is 5.75 Å². The molecule has 1 aromatic rings. The Morgan fingerprint density at radius 2 is 2.00 bits per heavy atom. The molecule has 11 heavy (non-hydrogen) atoms. The fraction of sp³-hybridized carbons (Fsp3) is 0.333. The number of rotatable bonds is 2. The standard InChI is InChI=1S/C9H12OS/c1-7(11-2)8-5-3-4-6-9(8)10/h3-7,10H,1-2H3. The second kappa shape index (κ2) is 3.67. The molecule has 0 bridgehead atoms. The second-order valence-electron chi connectivity index (χ2n) is 2.44. The number of hydrogen-bond donors (Lipinski definition) is 1. The Kier molecular flexibility index (Phi) is 2.83. The van der Waals surface area contributed by atoms with Crippen LogP contribution < -0.4 is 0 Å². The van der Waals surface area contributed by atoms with E-state index in [9.17, 15) is 5.11 Å². The number of para-hydroxylation sites is 1. The molecule has 1 unspecified atom stereocenters. The molecule has 0 aliphatic rings. The fourth-order valence-electron chi connectivity index (χ4n) is 0.958. The summed E-state index contributed by atoms with van der Waals surface area (Å²) in [5, 5.41) is 9.77. The minimum Gasteiger partial charge on any atom is -0.508 e. The van der Waals surface area contributed by atoms with Gasteiger partial charge in [-0.25, -0.2) is 0 Å². The van der Waals surface area contributed by atoms with Gasteiger partial charge in [0.25, 0.3) is 0 Å². The van der Waals surface area contributed by atoms with E-state index in [1.807, 2.05) is 24.5 Å². The first-order chi connectivity index (χ1) is 5.25. The predicted molar refractivity (Wildman–Crippen MR) is 50.0 cm³/mol. The van der Waals surface area contributed by atoms with Crippen molar-refractivity contribution in [2.24, 2.45) is 0 Å². The van der Waals surface area contributed by atoms with Crippen LogP contribution in [0.5, 0.6) is 5.75 Å². The zero-order chi connectivity index (χ0) is 8.27. The van der Waals surface area contributed by atoms with Crippen LogP contribution in [-0.2, 0) is 0 Å². The first kappa shape index (κ1) is 8.47. The van der Waals surface area contributed by atoms with Crippen molar-refractivity contribution in [3.05, 3.63) is 29.8 Å². The van der Waals surface area contributed by atoms with Crippen LogP contribution in [0.4, 0.5) is 0 Å². The summed E-state index contributed by atoms with van der Waals surface area (Å²) in [6.07, 6.45) is 2.04. The lowest BCUT2D eigenvalue weighted by Gasteiger charge is -2.09. The van der Waals surface area contributed by atoms with Crippen molar-refractivity contribution < 1.29 is 5.11 Å². The molecule has 1 N–H and O–H groups in total. The maximum absolute atomic E-state index is 9.40. The molecule has 0 aliphatic heterocycles. The molecule has 0 saturated heterocycles. The normalized spacial score (nSPS) is 12.9. The van der Waals surface area contributed by atoms with E-state index >= 15 is 0 Å². The van der Waals surface area contributed by atoms with Gasteiger partial charge in [0.1, 0.15) is 5.75 Å². The predicted octanol–water partition coefficient (Wildman–Crippen LogP) is 2.82. The van der Waals surface area contributed by atoms with Gasteiger partial charge < -0.3 is 5.11 Å². The molecule has 1 nitrogen and oxygen atoms in total. The lowest BCUT2D eigenvalue weighted by molar-refractivity contribution is 0.468. The molecule has 0 radical (unpaired) electrons. The highest BCUT2D eigenvalue weighted by Crippen LogP contribution is 2.31. The van der Waals surface area contributed by atoms with Gasteiger partial charge in [0.15, 0.2) is 0 Å². The van der Waals surface area contributed by atoms with Crippen LogP contribution in [0, 0.1) is 0 Å². The van der Waals surface area contributed by atoms with Gasteiger partial charge in [-0.3, -0.25) is 0 Å². The molecule has 60 valence electrons. The van der Waals surface area contributed by atoms with Crippen LogP contribution in [0.25, 0.3) is 0 Å². The molecule has 1 atom stereocenters. The summed E-state index contributed by atoms with van der Waals surface area (Å²) < 4.78 is 0. The minimum atomic E-state index is 0.371. The van der Waals surface area contributed by atoms with Gasteiger partial charge in [-0.1, -0.05) is 18.2 Å². The number of benzene rings is 1. The summed E-state index contributed by atoms with van der Waals surface area (Å²) in [7, 11) is 0. The maximum atomic E-state index is 9.40. The topological polar surface area (TPSA) is 20.2 Å². The molecule has 0 saturated carbocycles. The molecule has 0 fully saturated rings. The van der Waals surface area contributed by atoms with E-state index in [2.05, 4.69) is 6.92 Å². The van der Waals surface area contributed by atoms with Crippen LogP contribution in [-0.4, -0.2) is 11.4 Å². The minimum absolute atomic E-state index is 0.371. The van der Waals surface area contributed by atoms with Gasteiger partial charge >= 0.3 is 0 Å². The van der Waals surface area contributed by atoms with E-state index in [-0.39, 0.29) is 0 Å². The second-order valence-corrected chi connectivity index (χ2v) is 3.62. The van der Waals surface area contributed by atoms with E-state index in [4.69, 9.17) is 0 Å².